The molecular formula is C22H25N3O2. The Hall–Kier alpha value is -2.82. The molecule has 5 heteroatoms. The highest BCUT2D eigenvalue weighted by atomic mass is 16.2. The molecule has 1 fully saturated rings. The fourth-order valence-electron chi connectivity index (χ4n) is 4.12. The second-order valence-corrected chi connectivity index (χ2v) is 7.55. The van der Waals surface area contributed by atoms with Crippen molar-refractivity contribution in [2.75, 3.05) is 16.8 Å². The number of hydrogen-bond donors (Lipinski definition) is 2. The Balaban J connectivity index is 1.49. The Morgan fingerprint density at radius 3 is 2.81 bits per heavy atom. The van der Waals surface area contributed by atoms with Crippen LogP contribution in [0.2, 0.25) is 0 Å². The lowest BCUT2D eigenvalue weighted by atomic mass is 9.92. The highest BCUT2D eigenvalue weighted by molar-refractivity contribution is 5.96. The zero-order valence-corrected chi connectivity index (χ0v) is 15.6. The SMILES string of the molecule is C[C@@H]1C[C@H](C(=O)Nc2ccccc2CN2CCc3ccccc32)CC(=O)N1. The fourth-order valence-corrected chi connectivity index (χ4v) is 4.12. The van der Waals surface area contributed by atoms with Gasteiger partial charge < -0.3 is 15.5 Å². The van der Waals surface area contributed by atoms with Crippen LogP contribution in [0, 0.1) is 5.92 Å². The Labute approximate surface area is 159 Å². The molecule has 2 atom stereocenters. The minimum Gasteiger partial charge on any atom is -0.367 e. The van der Waals surface area contributed by atoms with E-state index in [0.717, 1.165) is 30.8 Å². The normalized spacial score (nSPS) is 21.5. The van der Waals surface area contributed by atoms with Gasteiger partial charge >= 0.3 is 0 Å². The minimum absolute atomic E-state index is 0.0401. The summed E-state index contributed by atoms with van der Waals surface area (Å²) >= 11 is 0. The largest absolute Gasteiger partial charge is 0.367 e. The highest BCUT2D eigenvalue weighted by Gasteiger charge is 2.29. The van der Waals surface area contributed by atoms with Crippen LogP contribution in [-0.2, 0) is 22.6 Å². The first kappa shape index (κ1) is 17.6. The van der Waals surface area contributed by atoms with E-state index in [9.17, 15) is 9.59 Å². The van der Waals surface area contributed by atoms with E-state index in [4.69, 9.17) is 0 Å². The topological polar surface area (TPSA) is 61.4 Å². The van der Waals surface area contributed by atoms with Crippen LogP contribution in [0.4, 0.5) is 11.4 Å². The lowest BCUT2D eigenvalue weighted by Gasteiger charge is -2.27. The van der Waals surface area contributed by atoms with Crippen LogP contribution in [0.15, 0.2) is 48.5 Å². The average molecular weight is 363 g/mol. The molecule has 2 heterocycles. The molecule has 27 heavy (non-hydrogen) atoms. The van der Waals surface area contributed by atoms with E-state index in [-0.39, 0.29) is 30.2 Å². The van der Waals surface area contributed by atoms with Gasteiger partial charge in [-0.3, -0.25) is 9.59 Å². The number of benzene rings is 2. The van der Waals surface area contributed by atoms with E-state index >= 15 is 0 Å². The van der Waals surface area contributed by atoms with E-state index in [1.165, 1.54) is 11.3 Å². The Morgan fingerprint density at radius 1 is 1.19 bits per heavy atom. The fraction of sp³-hybridized carbons (Fsp3) is 0.364. The first-order valence-electron chi connectivity index (χ1n) is 9.61. The predicted octanol–water partition coefficient (Wildman–Crippen LogP) is 3.10. The summed E-state index contributed by atoms with van der Waals surface area (Å²) in [5, 5.41) is 5.95. The molecular weight excluding hydrogens is 338 g/mol. The number of piperidine rings is 1. The molecule has 5 nitrogen and oxygen atoms in total. The number of anilines is 2. The van der Waals surface area contributed by atoms with Gasteiger partial charge in [0.1, 0.15) is 0 Å². The van der Waals surface area contributed by atoms with E-state index in [1.807, 2.05) is 25.1 Å². The third-order valence-corrected chi connectivity index (χ3v) is 5.47. The number of carbonyl (C=O) groups excluding carboxylic acids is 2. The number of fused-ring (bicyclic) bond motifs is 1. The third kappa shape index (κ3) is 3.82. The van der Waals surface area contributed by atoms with Crippen molar-refractivity contribution in [3.63, 3.8) is 0 Å². The minimum atomic E-state index is -0.269. The van der Waals surface area contributed by atoms with Gasteiger partial charge in [0, 0.05) is 42.8 Å². The third-order valence-electron chi connectivity index (χ3n) is 5.47. The molecule has 0 radical (unpaired) electrons. The molecule has 2 aliphatic heterocycles. The molecule has 0 unspecified atom stereocenters. The summed E-state index contributed by atoms with van der Waals surface area (Å²) in [6.45, 7) is 3.69. The summed E-state index contributed by atoms with van der Waals surface area (Å²) in [5.74, 6) is -0.379. The van der Waals surface area contributed by atoms with E-state index in [2.05, 4.69) is 45.9 Å². The molecule has 4 rings (SSSR count). The number of carbonyl (C=O) groups is 2. The maximum absolute atomic E-state index is 12.7. The average Bonchev–Trinajstić information content (AvgIpc) is 3.05. The Morgan fingerprint density at radius 2 is 1.96 bits per heavy atom. The molecule has 0 saturated carbocycles. The van der Waals surface area contributed by atoms with Gasteiger partial charge in [-0.15, -0.1) is 0 Å². The first-order valence-corrected chi connectivity index (χ1v) is 9.61. The van der Waals surface area contributed by atoms with Crippen LogP contribution in [0.3, 0.4) is 0 Å². The Kier molecular flexibility index (Phi) is 4.84. The molecule has 1 saturated heterocycles. The maximum atomic E-state index is 12.7. The molecule has 0 aliphatic carbocycles. The van der Waals surface area contributed by atoms with Crippen molar-refractivity contribution >= 4 is 23.2 Å². The molecule has 2 aliphatic rings. The van der Waals surface area contributed by atoms with Gasteiger partial charge in [0.2, 0.25) is 11.8 Å². The monoisotopic (exact) mass is 363 g/mol. The number of nitrogens with zero attached hydrogens (tertiary/aromatic N) is 1. The molecule has 0 bridgehead atoms. The van der Waals surface area contributed by atoms with E-state index < -0.39 is 0 Å². The van der Waals surface area contributed by atoms with Crippen LogP contribution >= 0.6 is 0 Å². The summed E-state index contributed by atoms with van der Waals surface area (Å²) in [7, 11) is 0. The molecule has 2 N–H and O–H groups in total. The van der Waals surface area contributed by atoms with Crippen LogP contribution < -0.4 is 15.5 Å². The van der Waals surface area contributed by atoms with Gasteiger partial charge in [0.25, 0.3) is 0 Å². The number of rotatable bonds is 4. The summed E-state index contributed by atoms with van der Waals surface area (Å²) < 4.78 is 0. The van der Waals surface area contributed by atoms with E-state index in [0.29, 0.717) is 6.42 Å². The smallest absolute Gasteiger partial charge is 0.228 e. The molecule has 140 valence electrons. The summed E-state index contributed by atoms with van der Waals surface area (Å²) in [6, 6.07) is 16.5. The summed E-state index contributed by atoms with van der Waals surface area (Å²) in [4.78, 5) is 26.9. The zero-order chi connectivity index (χ0) is 18.8. The number of para-hydroxylation sites is 2. The molecule has 2 amide bonds. The second-order valence-electron chi connectivity index (χ2n) is 7.55. The van der Waals surface area contributed by atoms with Crippen molar-refractivity contribution in [1.82, 2.24) is 5.32 Å². The molecule has 0 spiro atoms. The Bertz CT molecular complexity index is 864. The van der Waals surface area contributed by atoms with Crippen LogP contribution in [0.5, 0.6) is 0 Å². The maximum Gasteiger partial charge on any atom is 0.228 e. The highest BCUT2D eigenvalue weighted by Crippen LogP contribution is 2.30. The lowest BCUT2D eigenvalue weighted by Crippen LogP contribution is -2.44. The van der Waals surface area contributed by atoms with Crippen LogP contribution in [0.25, 0.3) is 0 Å². The predicted molar refractivity (Wildman–Crippen MR) is 107 cm³/mol. The van der Waals surface area contributed by atoms with Crippen molar-refractivity contribution in [3.8, 4) is 0 Å². The standard InChI is InChI=1S/C22H25N3O2/c1-15-12-18(13-21(26)23-15)22(27)24-19-8-4-2-7-17(19)14-25-11-10-16-6-3-5-9-20(16)25/h2-9,15,18H,10-14H2,1H3,(H,23,26)(H,24,27)/t15-,18+/m1/s1. The number of hydrogen-bond acceptors (Lipinski definition) is 3. The first-order chi connectivity index (χ1) is 13.1. The van der Waals surface area contributed by atoms with Gasteiger partial charge in [-0.05, 0) is 43.0 Å². The van der Waals surface area contributed by atoms with Gasteiger partial charge in [-0.2, -0.15) is 0 Å². The van der Waals surface area contributed by atoms with Crippen molar-refractivity contribution in [3.05, 3.63) is 59.7 Å². The van der Waals surface area contributed by atoms with Crippen molar-refractivity contribution in [2.24, 2.45) is 5.92 Å². The number of nitrogens with one attached hydrogen (secondary N) is 2. The van der Waals surface area contributed by atoms with Gasteiger partial charge in [0.15, 0.2) is 0 Å². The van der Waals surface area contributed by atoms with Gasteiger partial charge in [-0.25, -0.2) is 0 Å². The molecule has 2 aromatic rings. The summed E-state index contributed by atoms with van der Waals surface area (Å²) in [6.07, 6.45) is 2.00. The van der Waals surface area contributed by atoms with E-state index in [1.54, 1.807) is 0 Å². The van der Waals surface area contributed by atoms with Crippen molar-refractivity contribution in [2.45, 2.75) is 38.8 Å². The van der Waals surface area contributed by atoms with Crippen LogP contribution in [-0.4, -0.2) is 24.4 Å². The van der Waals surface area contributed by atoms with Gasteiger partial charge in [-0.1, -0.05) is 36.4 Å². The zero-order valence-electron chi connectivity index (χ0n) is 15.6. The number of amides is 2. The van der Waals surface area contributed by atoms with Crippen molar-refractivity contribution < 1.29 is 9.59 Å². The van der Waals surface area contributed by atoms with Crippen LogP contribution in [0.1, 0.15) is 30.9 Å². The second kappa shape index (κ2) is 7.43. The van der Waals surface area contributed by atoms with Gasteiger partial charge in [0.05, 0.1) is 0 Å². The molecule has 0 aromatic heterocycles. The quantitative estimate of drug-likeness (QED) is 0.877. The lowest BCUT2D eigenvalue weighted by molar-refractivity contribution is -0.130. The summed E-state index contributed by atoms with van der Waals surface area (Å²) in [5.41, 5.74) is 4.58. The molecule has 2 aromatic carbocycles. The van der Waals surface area contributed by atoms with Crippen molar-refractivity contribution in [1.29, 1.82) is 0 Å².